The van der Waals surface area contributed by atoms with Gasteiger partial charge in [0.05, 0.1) is 26.9 Å². The zero-order valence-corrected chi connectivity index (χ0v) is 20.8. The van der Waals surface area contributed by atoms with Gasteiger partial charge in [-0.3, -0.25) is 4.79 Å². The Bertz CT molecular complexity index is 1230. The fraction of sp³-hybridized carbons (Fsp3) is 0.308. The van der Waals surface area contributed by atoms with E-state index >= 15 is 0 Å². The Hall–Kier alpha value is -2.96. The van der Waals surface area contributed by atoms with E-state index in [1.165, 1.54) is 7.11 Å². The van der Waals surface area contributed by atoms with E-state index in [-0.39, 0.29) is 18.1 Å². The summed E-state index contributed by atoms with van der Waals surface area (Å²) < 4.78 is 15.9. The number of ether oxygens (including phenoxy) is 3. The molecule has 2 atom stereocenters. The fourth-order valence-electron chi connectivity index (χ4n) is 4.81. The molecule has 2 aromatic rings. The molecular formula is C26H25Cl2NO5. The quantitative estimate of drug-likeness (QED) is 0.541. The summed E-state index contributed by atoms with van der Waals surface area (Å²) in [5, 5.41) is 4.17. The average molecular weight is 502 g/mol. The lowest BCUT2D eigenvalue weighted by molar-refractivity contribution is -0.136. The lowest BCUT2D eigenvalue weighted by Gasteiger charge is -2.37. The summed E-state index contributed by atoms with van der Waals surface area (Å²) >= 11 is 12.7. The van der Waals surface area contributed by atoms with Gasteiger partial charge in [0.25, 0.3) is 0 Å². The second kappa shape index (κ2) is 9.72. The molecule has 34 heavy (non-hydrogen) atoms. The van der Waals surface area contributed by atoms with E-state index in [1.807, 2.05) is 18.2 Å². The van der Waals surface area contributed by atoms with E-state index in [0.717, 1.165) is 11.3 Å². The Labute approximate surface area is 208 Å². The lowest BCUT2D eigenvalue weighted by Crippen LogP contribution is -2.36. The highest BCUT2D eigenvalue weighted by Crippen LogP contribution is 2.48. The highest BCUT2D eigenvalue weighted by Gasteiger charge is 2.42. The maximum Gasteiger partial charge on any atom is 0.336 e. The van der Waals surface area contributed by atoms with E-state index < -0.39 is 11.9 Å². The van der Waals surface area contributed by atoms with Crippen LogP contribution in [0.4, 0.5) is 0 Å². The van der Waals surface area contributed by atoms with Crippen molar-refractivity contribution in [3.8, 4) is 11.5 Å². The molecule has 0 saturated carbocycles. The summed E-state index contributed by atoms with van der Waals surface area (Å²) in [6, 6.07) is 10.8. The van der Waals surface area contributed by atoms with Gasteiger partial charge < -0.3 is 19.5 Å². The minimum Gasteiger partial charge on any atom is -0.493 e. The van der Waals surface area contributed by atoms with Crippen LogP contribution in [0.3, 0.4) is 0 Å². The van der Waals surface area contributed by atoms with Crippen LogP contribution in [0.5, 0.6) is 11.5 Å². The second-order valence-electron chi connectivity index (χ2n) is 8.29. The number of carbonyl (C=O) groups excluding carboxylic acids is 2. The lowest BCUT2D eigenvalue weighted by atomic mass is 9.71. The number of allylic oxidation sites excluding steroid dienone is 3. The van der Waals surface area contributed by atoms with Gasteiger partial charge in [0.15, 0.2) is 17.3 Å². The standard InChI is InChI=1S/C26H25Cl2NO5/c1-13-23(26(31)34-4)24(17-7-6-16(27)12-18(17)28)25-19(29-13)9-15(10-20(25)30)14-5-8-21(32-2)22(11-14)33-3/h5-8,11-12,15,24,29H,9-10H2,1-4H3/t15-,24-/m0/s1. The molecule has 2 aliphatic rings. The van der Waals surface area contributed by atoms with Gasteiger partial charge in [-0.1, -0.05) is 35.3 Å². The van der Waals surface area contributed by atoms with Crippen LogP contribution in [0.2, 0.25) is 10.0 Å². The van der Waals surface area contributed by atoms with Crippen LogP contribution in [-0.2, 0) is 14.3 Å². The number of esters is 1. The molecule has 1 aliphatic carbocycles. The first-order valence-corrected chi connectivity index (χ1v) is 11.5. The van der Waals surface area contributed by atoms with Crippen molar-refractivity contribution in [2.24, 2.45) is 0 Å². The van der Waals surface area contributed by atoms with Crippen LogP contribution in [0.15, 0.2) is 58.9 Å². The number of halogens is 2. The van der Waals surface area contributed by atoms with Gasteiger partial charge in [-0.2, -0.15) is 0 Å². The molecule has 2 aromatic carbocycles. The maximum absolute atomic E-state index is 13.6. The first-order valence-electron chi connectivity index (χ1n) is 10.8. The zero-order valence-electron chi connectivity index (χ0n) is 19.3. The number of nitrogens with one attached hydrogen (secondary N) is 1. The molecular weight excluding hydrogens is 477 g/mol. The van der Waals surface area contributed by atoms with Crippen LogP contribution >= 0.6 is 23.2 Å². The zero-order chi connectivity index (χ0) is 24.6. The molecule has 8 heteroatoms. The van der Waals surface area contributed by atoms with Crippen LogP contribution in [-0.4, -0.2) is 33.1 Å². The van der Waals surface area contributed by atoms with Gasteiger partial charge in [-0.25, -0.2) is 4.79 Å². The molecule has 0 unspecified atom stereocenters. The monoisotopic (exact) mass is 501 g/mol. The number of rotatable bonds is 5. The van der Waals surface area contributed by atoms with Crippen LogP contribution in [0.25, 0.3) is 0 Å². The molecule has 4 rings (SSSR count). The average Bonchev–Trinajstić information content (AvgIpc) is 2.82. The van der Waals surface area contributed by atoms with Crippen molar-refractivity contribution in [3.05, 3.63) is 80.1 Å². The van der Waals surface area contributed by atoms with E-state index in [1.54, 1.807) is 39.3 Å². The predicted octanol–water partition coefficient (Wildman–Crippen LogP) is 5.55. The van der Waals surface area contributed by atoms with Crippen molar-refractivity contribution in [1.29, 1.82) is 0 Å². The minimum absolute atomic E-state index is 0.0570. The Kier molecular flexibility index (Phi) is 6.91. The number of hydrogen-bond acceptors (Lipinski definition) is 6. The predicted molar refractivity (Wildman–Crippen MR) is 131 cm³/mol. The number of Topliss-reactive ketones (excluding diaryl/α,β-unsaturated/α-hetero) is 1. The summed E-state index contributed by atoms with van der Waals surface area (Å²) in [6.45, 7) is 1.80. The molecule has 0 bridgehead atoms. The van der Waals surface area contributed by atoms with Gasteiger partial charge in [0, 0.05) is 39.4 Å². The summed E-state index contributed by atoms with van der Waals surface area (Å²) in [5.41, 5.74) is 3.91. The molecule has 0 saturated heterocycles. The number of ketones is 1. The van der Waals surface area contributed by atoms with E-state index in [0.29, 0.717) is 50.4 Å². The molecule has 1 aliphatic heterocycles. The Morgan fingerprint density at radius 3 is 2.38 bits per heavy atom. The van der Waals surface area contributed by atoms with Gasteiger partial charge in [0.2, 0.25) is 0 Å². The van der Waals surface area contributed by atoms with E-state index in [2.05, 4.69) is 5.32 Å². The summed E-state index contributed by atoms with van der Waals surface area (Å²) in [7, 11) is 4.49. The second-order valence-corrected chi connectivity index (χ2v) is 9.13. The van der Waals surface area contributed by atoms with Crippen LogP contribution in [0.1, 0.15) is 42.7 Å². The van der Waals surface area contributed by atoms with Crippen LogP contribution in [0, 0.1) is 0 Å². The van der Waals surface area contributed by atoms with E-state index in [4.69, 9.17) is 37.4 Å². The molecule has 0 amide bonds. The van der Waals surface area contributed by atoms with E-state index in [9.17, 15) is 9.59 Å². The van der Waals surface area contributed by atoms with Crippen LogP contribution < -0.4 is 14.8 Å². The Morgan fingerprint density at radius 1 is 1.00 bits per heavy atom. The Morgan fingerprint density at radius 2 is 1.74 bits per heavy atom. The number of hydrogen-bond donors (Lipinski definition) is 1. The van der Waals surface area contributed by atoms with Crippen molar-refractivity contribution in [2.45, 2.75) is 31.6 Å². The van der Waals surface area contributed by atoms with Crippen molar-refractivity contribution >= 4 is 35.0 Å². The Balaban J connectivity index is 1.80. The molecule has 6 nitrogen and oxygen atoms in total. The SMILES string of the molecule is COC(=O)C1=C(C)NC2=C(C(=O)C[C@@H](c3ccc(OC)c(OC)c3)C2)[C@H]1c1ccc(Cl)cc1Cl. The van der Waals surface area contributed by atoms with Crippen molar-refractivity contribution in [2.75, 3.05) is 21.3 Å². The first kappa shape index (κ1) is 24.2. The summed E-state index contributed by atoms with van der Waals surface area (Å²) in [5.74, 6) is -0.0396. The summed E-state index contributed by atoms with van der Waals surface area (Å²) in [4.78, 5) is 26.4. The molecule has 0 spiro atoms. The normalized spacial score (nSPS) is 20.0. The number of carbonyl (C=O) groups is 2. The molecule has 0 aromatic heterocycles. The fourth-order valence-corrected chi connectivity index (χ4v) is 5.33. The van der Waals surface area contributed by atoms with Gasteiger partial charge in [-0.05, 0) is 54.7 Å². The molecule has 1 heterocycles. The third-order valence-corrected chi connectivity index (χ3v) is 6.95. The number of benzene rings is 2. The smallest absolute Gasteiger partial charge is 0.336 e. The van der Waals surface area contributed by atoms with Crippen molar-refractivity contribution in [3.63, 3.8) is 0 Å². The number of methoxy groups -OCH3 is 3. The molecule has 0 radical (unpaired) electrons. The van der Waals surface area contributed by atoms with Crippen molar-refractivity contribution < 1.29 is 23.8 Å². The third-order valence-electron chi connectivity index (χ3n) is 6.39. The molecule has 178 valence electrons. The summed E-state index contributed by atoms with van der Waals surface area (Å²) in [6.07, 6.45) is 0.870. The topological polar surface area (TPSA) is 73.9 Å². The largest absolute Gasteiger partial charge is 0.493 e. The first-order chi connectivity index (χ1) is 16.3. The maximum atomic E-state index is 13.6. The van der Waals surface area contributed by atoms with Gasteiger partial charge in [-0.15, -0.1) is 0 Å². The van der Waals surface area contributed by atoms with Crippen molar-refractivity contribution in [1.82, 2.24) is 5.32 Å². The molecule has 0 fully saturated rings. The molecule has 1 N–H and O–H groups in total. The van der Waals surface area contributed by atoms with Gasteiger partial charge >= 0.3 is 5.97 Å². The highest BCUT2D eigenvalue weighted by atomic mass is 35.5. The highest BCUT2D eigenvalue weighted by molar-refractivity contribution is 6.35. The van der Waals surface area contributed by atoms with Gasteiger partial charge in [0.1, 0.15) is 0 Å². The minimum atomic E-state index is -0.646. The third kappa shape index (κ3) is 4.28. The number of dihydropyridines is 1.